The van der Waals surface area contributed by atoms with Crippen molar-refractivity contribution >= 4 is 29.6 Å². The molecule has 11 heteroatoms. The van der Waals surface area contributed by atoms with Crippen LogP contribution in [-0.2, 0) is 24.0 Å². The molecule has 29 heavy (non-hydrogen) atoms. The lowest BCUT2D eigenvalue weighted by Crippen LogP contribution is -2.58. The van der Waals surface area contributed by atoms with E-state index in [0.717, 1.165) is 0 Å². The van der Waals surface area contributed by atoms with Crippen molar-refractivity contribution < 1.29 is 29.1 Å². The van der Waals surface area contributed by atoms with E-state index in [-0.39, 0.29) is 24.7 Å². The second-order valence-corrected chi connectivity index (χ2v) is 7.64. The number of rotatable bonds is 12. The lowest BCUT2D eigenvalue weighted by molar-refractivity contribution is -0.143. The van der Waals surface area contributed by atoms with Gasteiger partial charge in [0, 0.05) is 6.42 Å². The monoisotopic (exact) mass is 415 g/mol. The van der Waals surface area contributed by atoms with Crippen molar-refractivity contribution in [3.63, 3.8) is 0 Å². The molecule has 0 aliphatic heterocycles. The van der Waals surface area contributed by atoms with Gasteiger partial charge in [0.2, 0.25) is 23.6 Å². The summed E-state index contributed by atoms with van der Waals surface area (Å²) in [5, 5.41) is 16.6. The molecule has 4 atom stereocenters. The van der Waals surface area contributed by atoms with Crippen LogP contribution in [0.25, 0.3) is 0 Å². The molecule has 0 aromatic rings. The third-order valence-corrected chi connectivity index (χ3v) is 4.27. The smallest absolute Gasteiger partial charge is 0.326 e. The Morgan fingerprint density at radius 2 is 1.28 bits per heavy atom. The van der Waals surface area contributed by atoms with Crippen LogP contribution in [0.4, 0.5) is 0 Å². The molecule has 166 valence electrons. The Labute approximate surface area is 170 Å². The van der Waals surface area contributed by atoms with Gasteiger partial charge < -0.3 is 32.5 Å². The second-order valence-electron chi connectivity index (χ2n) is 7.64. The second kappa shape index (κ2) is 12.0. The summed E-state index contributed by atoms with van der Waals surface area (Å²) in [5.41, 5.74) is 10.7. The zero-order valence-electron chi connectivity index (χ0n) is 17.5. The van der Waals surface area contributed by atoms with Crippen LogP contribution < -0.4 is 27.4 Å². The first-order valence-electron chi connectivity index (χ1n) is 9.45. The standard InChI is InChI=1S/C18H33N5O6/c1-8(2)13(17(27)23-14(9(3)4)18(28)29)22-15(25)10(5)21-16(26)11(19)6-7-12(20)24/h8-11,13-14H,6-7,19H2,1-5H3,(H2,20,24)(H,21,26)(H,22,25)(H,23,27)(H,28,29). The molecule has 0 aromatic carbocycles. The van der Waals surface area contributed by atoms with Crippen LogP contribution in [0.1, 0.15) is 47.5 Å². The fraction of sp³-hybridized carbons (Fsp3) is 0.722. The Morgan fingerprint density at radius 1 is 0.793 bits per heavy atom. The SMILES string of the molecule is CC(NC(=O)C(N)CCC(N)=O)C(=O)NC(C(=O)NC(C(=O)O)C(C)C)C(C)C. The first-order valence-corrected chi connectivity index (χ1v) is 9.45. The summed E-state index contributed by atoms with van der Waals surface area (Å²) in [4.78, 5) is 59.0. The average Bonchev–Trinajstić information content (AvgIpc) is 2.60. The zero-order chi connectivity index (χ0) is 22.9. The van der Waals surface area contributed by atoms with Crippen molar-refractivity contribution in [1.82, 2.24) is 16.0 Å². The van der Waals surface area contributed by atoms with Crippen LogP contribution in [0.2, 0.25) is 0 Å². The van der Waals surface area contributed by atoms with E-state index >= 15 is 0 Å². The highest BCUT2D eigenvalue weighted by Crippen LogP contribution is 2.07. The molecule has 4 amide bonds. The van der Waals surface area contributed by atoms with Gasteiger partial charge in [-0.05, 0) is 25.2 Å². The highest BCUT2D eigenvalue weighted by molar-refractivity contribution is 5.94. The Balaban J connectivity index is 4.96. The van der Waals surface area contributed by atoms with Gasteiger partial charge in [-0.25, -0.2) is 4.79 Å². The maximum absolute atomic E-state index is 12.5. The minimum absolute atomic E-state index is 0.0400. The van der Waals surface area contributed by atoms with Gasteiger partial charge in [-0.15, -0.1) is 0 Å². The minimum atomic E-state index is -1.17. The van der Waals surface area contributed by atoms with E-state index in [0.29, 0.717) is 0 Å². The van der Waals surface area contributed by atoms with E-state index in [4.69, 9.17) is 11.5 Å². The third kappa shape index (κ3) is 9.37. The lowest BCUT2D eigenvalue weighted by atomic mass is 10.00. The van der Waals surface area contributed by atoms with Gasteiger partial charge in [0.05, 0.1) is 6.04 Å². The van der Waals surface area contributed by atoms with Gasteiger partial charge in [0.15, 0.2) is 0 Å². The van der Waals surface area contributed by atoms with Crippen molar-refractivity contribution in [2.75, 3.05) is 0 Å². The van der Waals surface area contributed by atoms with Gasteiger partial charge in [-0.3, -0.25) is 19.2 Å². The van der Waals surface area contributed by atoms with Crippen LogP contribution in [0.15, 0.2) is 0 Å². The van der Waals surface area contributed by atoms with Crippen molar-refractivity contribution in [3.05, 3.63) is 0 Å². The predicted octanol–water partition coefficient (Wildman–Crippen LogP) is -1.55. The number of primary amides is 1. The maximum Gasteiger partial charge on any atom is 0.326 e. The fourth-order valence-corrected chi connectivity index (χ4v) is 2.38. The number of carbonyl (C=O) groups excluding carboxylic acids is 4. The molecule has 0 radical (unpaired) electrons. The predicted molar refractivity (Wildman–Crippen MR) is 105 cm³/mol. The summed E-state index contributed by atoms with van der Waals surface area (Å²) in [6, 6.07) is -4.10. The van der Waals surface area contributed by atoms with Crippen molar-refractivity contribution in [1.29, 1.82) is 0 Å². The molecule has 0 fully saturated rings. The van der Waals surface area contributed by atoms with E-state index in [1.807, 2.05) is 0 Å². The number of carboxylic acids is 1. The first-order chi connectivity index (χ1) is 13.3. The van der Waals surface area contributed by atoms with Gasteiger partial charge in [0.1, 0.15) is 18.1 Å². The van der Waals surface area contributed by atoms with Crippen molar-refractivity contribution in [3.8, 4) is 0 Å². The molecule has 8 N–H and O–H groups in total. The molecule has 0 aliphatic rings. The number of carbonyl (C=O) groups is 5. The summed E-state index contributed by atoms with van der Waals surface area (Å²) >= 11 is 0. The van der Waals surface area contributed by atoms with Crippen molar-refractivity contribution in [2.45, 2.75) is 71.6 Å². The van der Waals surface area contributed by atoms with Crippen LogP contribution in [-0.4, -0.2) is 58.9 Å². The number of amides is 4. The van der Waals surface area contributed by atoms with Gasteiger partial charge >= 0.3 is 5.97 Å². The zero-order valence-corrected chi connectivity index (χ0v) is 17.5. The Kier molecular flexibility index (Phi) is 10.9. The van der Waals surface area contributed by atoms with Gasteiger partial charge in [0.25, 0.3) is 0 Å². The molecule has 0 heterocycles. The quantitative estimate of drug-likeness (QED) is 0.222. The molecule has 0 saturated carbocycles. The molecule has 0 saturated heterocycles. The minimum Gasteiger partial charge on any atom is -0.480 e. The van der Waals surface area contributed by atoms with Gasteiger partial charge in [-0.1, -0.05) is 27.7 Å². The van der Waals surface area contributed by atoms with Crippen LogP contribution in [0.5, 0.6) is 0 Å². The fourth-order valence-electron chi connectivity index (χ4n) is 2.38. The first kappa shape index (κ1) is 26.3. The molecular weight excluding hydrogens is 382 g/mol. The van der Waals surface area contributed by atoms with E-state index in [9.17, 15) is 29.1 Å². The highest BCUT2D eigenvalue weighted by atomic mass is 16.4. The van der Waals surface area contributed by atoms with E-state index in [1.165, 1.54) is 6.92 Å². The molecule has 0 spiro atoms. The average molecular weight is 415 g/mol. The molecule has 0 bridgehead atoms. The Bertz CT molecular complexity index is 622. The number of carboxylic acid groups (broad SMARTS) is 1. The number of hydrogen-bond donors (Lipinski definition) is 6. The van der Waals surface area contributed by atoms with Crippen molar-refractivity contribution in [2.24, 2.45) is 23.3 Å². The van der Waals surface area contributed by atoms with Crippen LogP contribution >= 0.6 is 0 Å². The number of aliphatic carboxylic acids is 1. The molecule has 0 rings (SSSR count). The summed E-state index contributed by atoms with van der Waals surface area (Å²) in [6.07, 6.45) is -0.0241. The van der Waals surface area contributed by atoms with E-state index in [1.54, 1.807) is 27.7 Å². The summed E-state index contributed by atoms with van der Waals surface area (Å²) in [5.74, 6) is -4.35. The maximum atomic E-state index is 12.5. The van der Waals surface area contributed by atoms with E-state index < -0.39 is 53.8 Å². The van der Waals surface area contributed by atoms with Gasteiger partial charge in [-0.2, -0.15) is 0 Å². The normalized spacial score (nSPS) is 15.2. The summed E-state index contributed by atoms with van der Waals surface area (Å²) < 4.78 is 0. The summed E-state index contributed by atoms with van der Waals surface area (Å²) in [7, 11) is 0. The topological polar surface area (TPSA) is 194 Å². The molecular formula is C18H33N5O6. The van der Waals surface area contributed by atoms with Crippen LogP contribution in [0.3, 0.4) is 0 Å². The molecule has 0 aliphatic carbocycles. The van der Waals surface area contributed by atoms with Crippen LogP contribution in [0, 0.1) is 11.8 Å². The number of hydrogen-bond acceptors (Lipinski definition) is 6. The molecule has 4 unspecified atom stereocenters. The largest absolute Gasteiger partial charge is 0.480 e. The molecule has 11 nitrogen and oxygen atoms in total. The third-order valence-electron chi connectivity index (χ3n) is 4.27. The van der Waals surface area contributed by atoms with E-state index in [2.05, 4.69) is 16.0 Å². The lowest BCUT2D eigenvalue weighted by Gasteiger charge is -2.27. The summed E-state index contributed by atoms with van der Waals surface area (Å²) in [6.45, 7) is 8.11. The number of nitrogens with one attached hydrogen (secondary N) is 3. The Hall–Kier alpha value is -2.69. The molecule has 0 aromatic heterocycles. The highest BCUT2D eigenvalue weighted by Gasteiger charge is 2.31. The number of nitrogens with two attached hydrogens (primary N) is 2. The Morgan fingerprint density at radius 3 is 1.69 bits per heavy atom.